The molecular formula is C26H30N4O4S. The molecule has 1 aromatic heterocycles. The molecule has 1 atom stereocenters. The van der Waals surface area contributed by atoms with Gasteiger partial charge in [0.1, 0.15) is 0 Å². The third kappa shape index (κ3) is 5.05. The Morgan fingerprint density at radius 1 is 1.17 bits per heavy atom. The number of hydrogen-bond donors (Lipinski definition) is 0. The lowest BCUT2D eigenvalue weighted by Gasteiger charge is -2.31. The summed E-state index contributed by atoms with van der Waals surface area (Å²) in [4.78, 5) is 19.4. The molecule has 1 aliphatic rings. The zero-order chi connectivity index (χ0) is 25.1. The van der Waals surface area contributed by atoms with Crippen LogP contribution < -0.4 is 19.1 Å². The first-order chi connectivity index (χ1) is 16.8. The highest BCUT2D eigenvalue weighted by atomic mass is 32.2. The van der Waals surface area contributed by atoms with Gasteiger partial charge in [-0.05, 0) is 43.5 Å². The summed E-state index contributed by atoms with van der Waals surface area (Å²) in [5.74, 6) is 2.60. The Morgan fingerprint density at radius 3 is 2.66 bits per heavy atom. The lowest BCUT2D eigenvalue weighted by atomic mass is 10.0. The number of para-hydroxylation sites is 1. The van der Waals surface area contributed by atoms with Gasteiger partial charge in [0.2, 0.25) is 23.2 Å². The smallest absolute Gasteiger partial charge is 0.247 e. The molecule has 1 unspecified atom stereocenters. The molecule has 0 saturated carbocycles. The summed E-state index contributed by atoms with van der Waals surface area (Å²) in [6, 6.07) is 11.3. The van der Waals surface area contributed by atoms with Gasteiger partial charge >= 0.3 is 0 Å². The Bertz CT molecular complexity index is 1230. The van der Waals surface area contributed by atoms with Gasteiger partial charge in [-0.25, -0.2) is 0 Å². The fourth-order valence-corrected chi connectivity index (χ4v) is 4.99. The van der Waals surface area contributed by atoms with E-state index in [0.29, 0.717) is 45.4 Å². The third-order valence-corrected chi connectivity index (χ3v) is 6.60. The van der Waals surface area contributed by atoms with Gasteiger partial charge in [-0.1, -0.05) is 43.3 Å². The van der Waals surface area contributed by atoms with Crippen molar-refractivity contribution in [2.75, 3.05) is 24.9 Å². The normalized spacial score (nSPS) is 14.6. The van der Waals surface area contributed by atoms with Crippen LogP contribution in [0.2, 0.25) is 0 Å². The van der Waals surface area contributed by atoms with Crippen molar-refractivity contribution >= 4 is 23.4 Å². The molecule has 1 amide bonds. The lowest BCUT2D eigenvalue weighted by Crippen LogP contribution is -2.36. The van der Waals surface area contributed by atoms with E-state index in [-0.39, 0.29) is 5.91 Å². The number of rotatable bonds is 7. The van der Waals surface area contributed by atoms with Crippen molar-refractivity contribution in [1.82, 2.24) is 15.2 Å². The van der Waals surface area contributed by atoms with Gasteiger partial charge < -0.3 is 14.2 Å². The number of methoxy groups -OCH3 is 2. The van der Waals surface area contributed by atoms with Gasteiger partial charge in [-0.15, -0.1) is 10.2 Å². The molecule has 4 rings (SSSR count). The highest BCUT2D eigenvalue weighted by Crippen LogP contribution is 2.46. The Balaban J connectivity index is 1.90. The Kier molecular flexibility index (Phi) is 7.45. The van der Waals surface area contributed by atoms with Crippen LogP contribution in [0, 0.1) is 12.8 Å². The van der Waals surface area contributed by atoms with Crippen molar-refractivity contribution in [2.45, 2.75) is 45.5 Å². The van der Waals surface area contributed by atoms with E-state index in [2.05, 4.69) is 24.0 Å². The van der Waals surface area contributed by atoms with Gasteiger partial charge in [-0.2, -0.15) is 4.98 Å². The van der Waals surface area contributed by atoms with Crippen LogP contribution in [0.1, 0.15) is 44.5 Å². The minimum Gasteiger partial charge on any atom is -0.493 e. The van der Waals surface area contributed by atoms with Gasteiger partial charge in [0, 0.05) is 18.2 Å². The van der Waals surface area contributed by atoms with Crippen molar-refractivity contribution in [1.29, 1.82) is 0 Å². The van der Waals surface area contributed by atoms with Gasteiger partial charge in [0.05, 0.1) is 25.5 Å². The maximum absolute atomic E-state index is 13.1. The number of fused-ring (bicyclic) bond motifs is 3. The number of carbonyl (C=O) groups is 1. The molecule has 0 aliphatic carbocycles. The maximum atomic E-state index is 13.1. The molecule has 1 aliphatic heterocycles. The summed E-state index contributed by atoms with van der Waals surface area (Å²) >= 11 is 1.54. The highest BCUT2D eigenvalue weighted by Gasteiger charge is 2.36. The minimum absolute atomic E-state index is 0.197. The number of nitrogens with zero attached hydrogens (tertiary/aromatic N) is 4. The fourth-order valence-electron chi connectivity index (χ4n) is 3.97. The predicted octanol–water partition coefficient (Wildman–Crippen LogP) is 5.45. The van der Waals surface area contributed by atoms with E-state index in [1.54, 1.807) is 36.9 Å². The number of amides is 1. The molecule has 3 aromatic rings. The van der Waals surface area contributed by atoms with E-state index in [1.165, 1.54) is 6.92 Å². The number of anilines is 1. The van der Waals surface area contributed by atoms with Crippen LogP contribution in [0.15, 0.2) is 41.6 Å². The average Bonchev–Trinajstić information content (AvgIpc) is 2.97. The number of aryl methyl sites for hydroxylation is 1. The molecule has 0 spiro atoms. The summed E-state index contributed by atoms with van der Waals surface area (Å²) in [6.45, 7) is 7.86. The Labute approximate surface area is 210 Å². The van der Waals surface area contributed by atoms with Gasteiger partial charge in [-0.3, -0.25) is 9.69 Å². The van der Waals surface area contributed by atoms with Crippen molar-refractivity contribution in [3.8, 4) is 28.6 Å². The number of benzene rings is 2. The Hall–Kier alpha value is -3.33. The first-order valence-corrected chi connectivity index (χ1v) is 12.5. The van der Waals surface area contributed by atoms with Crippen LogP contribution >= 0.6 is 11.8 Å². The van der Waals surface area contributed by atoms with Crippen LogP contribution in [0.25, 0.3) is 11.3 Å². The second-order valence-electron chi connectivity index (χ2n) is 8.74. The second kappa shape index (κ2) is 10.5. The quantitative estimate of drug-likeness (QED) is 0.401. The summed E-state index contributed by atoms with van der Waals surface area (Å²) < 4.78 is 17.7. The van der Waals surface area contributed by atoms with Crippen molar-refractivity contribution in [2.24, 2.45) is 5.92 Å². The summed E-state index contributed by atoms with van der Waals surface area (Å²) in [7, 11) is 3.14. The van der Waals surface area contributed by atoms with Crippen LogP contribution in [0.5, 0.6) is 17.4 Å². The first kappa shape index (κ1) is 24.8. The monoisotopic (exact) mass is 494 g/mol. The number of ether oxygens (including phenoxy) is 3. The molecular weight excluding hydrogens is 464 g/mol. The van der Waals surface area contributed by atoms with Gasteiger partial charge in [0.25, 0.3) is 0 Å². The molecule has 35 heavy (non-hydrogen) atoms. The summed E-state index contributed by atoms with van der Waals surface area (Å²) in [5.41, 5.74) is 3.54. The highest BCUT2D eigenvalue weighted by molar-refractivity contribution is 7.99. The van der Waals surface area contributed by atoms with E-state index in [4.69, 9.17) is 19.2 Å². The molecule has 9 heteroatoms. The van der Waals surface area contributed by atoms with E-state index in [1.807, 2.05) is 37.3 Å². The zero-order valence-electron chi connectivity index (χ0n) is 20.9. The first-order valence-electron chi connectivity index (χ1n) is 11.5. The number of thioether (sulfide) groups is 1. The third-order valence-electron chi connectivity index (χ3n) is 5.72. The van der Waals surface area contributed by atoms with Crippen molar-refractivity contribution < 1.29 is 19.0 Å². The molecule has 0 N–H and O–H groups in total. The van der Waals surface area contributed by atoms with E-state index < -0.39 is 6.23 Å². The largest absolute Gasteiger partial charge is 0.493 e. The minimum atomic E-state index is -0.856. The van der Waals surface area contributed by atoms with E-state index >= 15 is 0 Å². The molecule has 0 fully saturated rings. The molecule has 8 nitrogen and oxygen atoms in total. The molecule has 0 saturated heterocycles. The van der Waals surface area contributed by atoms with Crippen LogP contribution in [0.4, 0.5) is 5.69 Å². The van der Waals surface area contributed by atoms with E-state index in [0.717, 1.165) is 23.3 Å². The van der Waals surface area contributed by atoms with Crippen molar-refractivity contribution in [3.63, 3.8) is 0 Å². The van der Waals surface area contributed by atoms with Crippen LogP contribution in [-0.2, 0) is 4.79 Å². The average molecular weight is 495 g/mol. The second-order valence-corrected chi connectivity index (χ2v) is 9.80. The molecule has 0 radical (unpaired) electrons. The lowest BCUT2D eigenvalue weighted by molar-refractivity contribution is -0.118. The Morgan fingerprint density at radius 2 is 1.97 bits per heavy atom. The molecule has 2 heterocycles. The number of hydrogen-bond acceptors (Lipinski definition) is 8. The fraction of sp³-hybridized carbons (Fsp3) is 0.385. The topological polar surface area (TPSA) is 86.7 Å². The van der Waals surface area contributed by atoms with Crippen molar-refractivity contribution in [3.05, 3.63) is 47.5 Å². The zero-order valence-corrected chi connectivity index (χ0v) is 21.7. The molecule has 0 bridgehead atoms. The summed E-state index contributed by atoms with van der Waals surface area (Å²) in [6.07, 6.45) is 0.181. The SMILES string of the molecule is COc1cccc(C2Oc3nc(SCCC(C)C)nnc3-c3cc(C)ccc3N2C(C)=O)c1OC. The van der Waals surface area contributed by atoms with E-state index in [9.17, 15) is 4.79 Å². The number of carbonyl (C=O) groups excluding carboxylic acids is 1. The van der Waals surface area contributed by atoms with Crippen LogP contribution in [-0.4, -0.2) is 41.1 Å². The standard InChI is InChI=1S/C26H30N4O4S/c1-15(2)12-13-35-26-27-24-22(28-29-26)19-14-16(3)10-11-20(19)30(17(4)31)25(34-24)18-8-7-9-21(32-5)23(18)33-6/h7-11,14-15,25H,12-13H2,1-6H3. The maximum Gasteiger partial charge on any atom is 0.247 e. The van der Waals surface area contributed by atoms with Crippen LogP contribution in [0.3, 0.4) is 0 Å². The molecule has 184 valence electrons. The summed E-state index contributed by atoms with van der Waals surface area (Å²) in [5, 5.41) is 9.40. The predicted molar refractivity (Wildman–Crippen MR) is 136 cm³/mol. The number of aromatic nitrogens is 3. The molecule has 2 aromatic carbocycles. The van der Waals surface area contributed by atoms with Gasteiger partial charge in [0.15, 0.2) is 17.2 Å².